The first-order valence-electron chi connectivity index (χ1n) is 6.24. The van der Waals surface area contributed by atoms with E-state index >= 15 is 0 Å². The fraction of sp³-hybridized carbons (Fsp3) is 0.200. The number of nitrogens with one attached hydrogen (secondary N) is 1. The maximum atomic E-state index is 6.00. The van der Waals surface area contributed by atoms with Gasteiger partial charge in [-0.15, -0.1) is 0 Å². The molecule has 2 aromatic carbocycles. The number of halogens is 2. The molecule has 0 unspecified atom stereocenters. The number of benzene rings is 2. The zero-order valence-corrected chi connectivity index (χ0v) is 13.3. The van der Waals surface area contributed by atoms with Gasteiger partial charge in [0.25, 0.3) is 0 Å². The third kappa shape index (κ3) is 3.65. The van der Waals surface area contributed by atoms with Crippen LogP contribution in [0.25, 0.3) is 0 Å². The molecule has 0 amide bonds. The Morgan fingerprint density at radius 1 is 1.05 bits per heavy atom. The number of nitrogens with two attached hydrogens (primary N) is 1. The van der Waals surface area contributed by atoms with Gasteiger partial charge in [0, 0.05) is 18.2 Å². The minimum Gasteiger partial charge on any atom is -0.497 e. The van der Waals surface area contributed by atoms with Crippen molar-refractivity contribution in [2.45, 2.75) is 6.54 Å². The van der Waals surface area contributed by atoms with Gasteiger partial charge >= 0.3 is 0 Å². The van der Waals surface area contributed by atoms with Crippen LogP contribution in [-0.4, -0.2) is 14.2 Å². The third-order valence-electron chi connectivity index (χ3n) is 3.06. The number of hydrogen-bond acceptors (Lipinski definition) is 4. The highest BCUT2D eigenvalue weighted by molar-refractivity contribution is 6.42. The minimum atomic E-state index is 0.432. The summed E-state index contributed by atoms with van der Waals surface area (Å²) in [6, 6.07) is 8.96. The minimum absolute atomic E-state index is 0.432. The van der Waals surface area contributed by atoms with Crippen molar-refractivity contribution in [2.75, 3.05) is 25.3 Å². The Kier molecular flexibility index (Phi) is 5.04. The molecule has 0 atom stereocenters. The van der Waals surface area contributed by atoms with Gasteiger partial charge in [-0.1, -0.05) is 23.2 Å². The Hall–Kier alpha value is -1.78. The molecule has 0 spiro atoms. The highest BCUT2D eigenvalue weighted by atomic mass is 35.5. The van der Waals surface area contributed by atoms with Crippen LogP contribution in [0, 0.1) is 0 Å². The van der Waals surface area contributed by atoms with Crippen molar-refractivity contribution in [3.8, 4) is 11.5 Å². The summed E-state index contributed by atoms with van der Waals surface area (Å²) in [6.07, 6.45) is 0. The van der Waals surface area contributed by atoms with Gasteiger partial charge in [0.15, 0.2) is 0 Å². The molecule has 0 aromatic heterocycles. The molecule has 0 bridgehead atoms. The van der Waals surface area contributed by atoms with E-state index in [1.165, 1.54) is 0 Å². The zero-order valence-electron chi connectivity index (χ0n) is 11.7. The van der Waals surface area contributed by atoms with Crippen molar-refractivity contribution in [1.82, 2.24) is 0 Å². The van der Waals surface area contributed by atoms with Gasteiger partial charge in [0.05, 0.1) is 35.6 Å². The molecule has 0 aliphatic carbocycles. The maximum Gasteiger partial charge on any atom is 0.127 e. The maximum absolute atomic E-state index is 6.00. The van der Waals surface area contributed by atoms with Crippen molar-refractivity contribution in [2.24, 2.45) is 0 Å². The molecule has 0 heterocycles. The second-order valence-corrected chi connectivity index (χ2v) is 5.20. The number of hydrogen-bond donors (Lipinski definition) is 2. The van der Waals surface area contributed by atoms with E-state index in [0.29, 0.717) is 22.3 Å². The molecule has 0 radical (unpaired) electrons. The smallest absolute Gasteiger partial charge is 0.127 e. The van der Waals surface area contributed by atoms with Gasteiger partial charge < -0.3 is 20.5 Å². The Bertz CT molecular complexity index is 648. The molecular formula is C15H16Cl2N2O2. The van der Waals surface area contributed by atoms with Crippen molar-refractivity contribution < 1.29 is 9.47 Å². The third-order valence-corrected chi connectivity index (χ3v) is 3.78. The predicted octanol–water partition coefficient (Wildman–Crippen LogP) is 4.20. The monoisotopic (exact) mass is 326 g/mol. The lowest BCUT2D eigenvalue weighted by molar-refractivity contribution is 0.391. The van der Waals surface area contributed by atoms with Crippen molar-refractivity contribution >= 4 is 34.6 Å². The number of nitrogen functional groups attached to an aromatic ring is 1. The number of methoxy groups -OCH3 is 2. The highest BCUT2D eigenvalue weighted by Gasteiger charge is 2.08. The molecule has 4 nitrogen and oxygen atoms in total. The molecule has 21 heavy (non-hydrogen) atoms. The first kappa shape index (κ1) is 15.6. The summed E-state index contributed by atoms with van der Waals surface area (Å²) in [6.45, 7) is 0.537. The largest absolute Gasteiger partial charge is 0.497 e. The van der Waals surface area contributed by atoms with Gasteiger partial charge in [0.1, 0.15) is 11.5 Å². The Balaban J connectivity index is 2.18. The molecule has 0 saturated heterocycles. The van der Waals surface area contributed by atoms with Gasteiger partial charge in [-0.2, -0.15) is 0 Å². The molecule has 3 N–H and O–H groups in total. The lowest BCUT2D eigenvalue weighted by atomic mass is 10.1. The van der Waals surface area contributed by atoms with Crippen molar-refractivity contribution in [1.29, 1.82) is 0 Å². The molecule has 0 aliphatic heterocycles. The van der Waals surface area contributed by atoms with E-state index < -0.39 is 0 Å². The average Bonchev–Trinajstić information content (AvgIpc) is 2.49. The Labute approximate surface area is 133 Å². The summed E-state index contributed by atoms with van der Waals surface area (Å²) in [5.74, 6) is 1.48. The van der Waals surface area contributed by atoms with Crippen molar-refractivity contribution in [3.63, 3.8) is 0 Å². The Morgan fingerprint density at radius 3 is 2.43 bits per heavy atom. The molecule has 2 aromatic rings. The van der Waals surface area contributed by atoms with Crippen LogP contribution in [0.3, 0.4) is 0 Å². The topological polar surface area (TPSA) is 56.5 Å². The van der Waals surface area contributed by atoms with Gasteiger partial charge in [-0.3, -0.25) is 0 Å². The van der Waals surface area contributed by atoms with Crippen molar-refractivity contribution in [3.05, 3.63) is 45.9 Å². The normalized spacial score (nSPS) is 10.3. The molecule has 6 heteroatoms. The lowest BCUT2D eigenvalue weighted by Gasteiger charge is -2.14. The quantitative estimate of drug-likeness (QED) is 0.808. The summed E-state index contributed by atoms with van der Waals surface area (Å²) >= 11 is 11.9. The highest BCUT2D eigenvalue weighted by Crippen LogP contribution is 2.32. The van der Waals surface area contributed by atoms with Crippen LogP contribution in [0.1, 0.15) is 5.56 Å². The SMILES string of the molecule is COc1ccc(CNc2cc(Cl)c(Cl)cc2N)c(OC)c1. The summed E-state index contributed by atoms with van der Waals surface area (Å²) in [5, 5.41) is 4.11. The van der Waals surface area contributed by atoms with E-state index in [1.54, 1.807) is 26.4 Å². The van der Waals surface area contributed by atoms with Crippen LogP contribution in [0.5, 0.6) is 11.5 Å². The molecule has 0 aliphatic rings. The summed E-state index contributed by atoms with van der Waals surface area (Å²) in [7, 11) is 3.23. The van der Waals surface area contributed by atoms with E-state index in [-0.39, 0.29) is 0 Å². The summed E-state index contributed by atoms with van der Waals surface area (Å²) < 4.78 is 10.5. The summed E-state index contributed by atoms with van der Waals surface area (Å²) in [5.41, 5.74) is 8.15. The zero-order chi connectivity index (χ0) is 15.4. The average molecular weight is 327 g/mol. The number of ether oxygens (including phenoxy) is 2. The fourth-order valence-electron chi connectivity index (χ4n) is 1.90. The number of anilines is 2. The van der Waals surface area contributed by atoms with E-state index in [1.807, 2.05) is 18.2 Å². The predicted molar refractivity (Wildman–Crippen MR) is 87.7 cm³/mol. The molecule has 0 fully saturated rings. The summed E-state index contributed by atoms with van der Waals surface area (Å²) in [4.78, 5) is 0. The Morgan fingerprint density at radius 2 is 1.76 bits per heavy atom. The molecule has 0 saturated carbocycles. The fourth-order valence-corrected chi connectivity index (χ4v) is 2.24. The standard InChI is InChI=1S/C15H16Cl2N2O2/c1-20-10-4-3-9(15(5-10)21-2)8-19-14-7-12(17)11(16)6-13(14)18/h3-7,19H,8,18H2,1-2H3. The lowest BCUT2D eigenvalue weighted by Crippen LogP contribution is -2.04. The van der Waals surface area contributed by atoms with Crippen LogP contribution in [0.2, 0.25) is 10.0 Å². The van der Waals surface area contributed by atoms with Gasteiger partial charge in [0.2, 0.25) is 0 Å². The van der Waals surface area contributed by atoms with Crippen LogP contribution in [0.15, 0.2) is 30.3 Å². The van der Waals surface area contributed by atoms with E-state index in [2.05, 4.69) is 5.32 Å². The molecule has 2 rings (SSSR count). The van der Waals surface area contributed by atoms with Crippen LogP contribution in [-0.2, 0) is 6.54 Å². The number of rotatable bonds is 5. The molecule has 112 valence electrons. The van der Waals surface area contributed by atoms with Crippen LogP contribution in [0.4, 0.5) is 11.4 Å². The first-order chi connectivity index (χ1) is 10.0. The van der Waals surface area contributed by atoms with Crippen LogP contribution < -0.4 is 20.5 Å². The van der Waals surface area contributed by atoms with E-state index in [9.17, 15) is 0 Å². The van der Waals surface area contributed by atoms with E-state index in [0.717, 1.165) is 22.7 Å². The van der Waals surface area contributed by atoms with Gasteiger partial charge in [-0.25, -0.2) is 0 Å². The molecular weight excluding hydrogens is 311 g/mol. The van der Waals surface area contributed by atoms with Gasteiger partial charge in [-0.05, 0) is 24.3 Å². The second kappa shape index (κ2) is 6.78. The second-order valence-electron chi connectivity index (χ2n) is 4.38. The van der Waals surface area contributed by atoms with Crippen LogP contribution >= 0.6 is 23.2 Å². The first-order valence-corrected chi connectivity index (χ1v) is 7.00. The van der Waals surface area contributed by atoms with E-state index in [4.69, 9.17) is 38.4 Å².